The van der Waals surface area contributed by atoms with E-state index in [9.17, 15) is 22.8 Å². The van der Waals surface area contributed by atoms with E-state index in [-0.39, 0.29) is 29.3 Å². The summed E-state index contributed by atoms with van der Waals surface area (Å²) in [5.41, 5.74) is 0.910. The van der Waals surface area contributed by atoms with Crippen LogP contribution in [0.5, 0.6) is 5.75 Å². The molecule has 0 aliphatic rings. The topological polar surface area (TPSA) is 60.3 Å². The number of halogens is 3. The molecule has 2 rings (SSSR count). The fourth-order valence-corrected chi connectivity index (χ4v) is 2.72. The molecule has 5 nitrogen and oxygen atoms in total. The molecule has 0 unspecified atom stereocenters. The summed E-state index contributed by atoms with van der Waals surface area (Å²) in [5, 5.41) is 4.20. The first-order valence-electron chi connectivity index (χ1n) is 6.99. The van der Waals surface area contributed by atoms with E-state index in [1.54, 1.807) is 18.4 Å². The molecule has 1 amide bonds. The normalized spacial score (nSPS) is 11.3. The van der Waals surface area contributed by atoms with Crippen molar-refractivity contribution in [2.24, 2.45) is 0 Å². The SMILES string of the molecule is Cc1csc(=O)n1CCC(=O)Nc1ccccc1OCC(F)(F)F. The Labute approximate surface area is 139 Å². The minimum Gasteiger partial charge on any atom is -0.482 e. The molecular weight excluding hydrogens is 345 g/mol. The van der Waals surface area contributed by atoms with Crippen LogP contribution in [0, 0.1) is 6.92 Å². The summed E-state index contributed by atoms with van der Waals surface area (Å²) in [4.78, 5) is 23.4. The second-order valence-electron chi connectivity index (χ2n) is 4.99. The number of anilines is 1. The van der Waals surface area contributed by atoms with Gasteiger partial charge in [0.15, 0.2) is 6.61 Å². The highest BCUT2D eigenvalue weighted by molar-refractivity contribution is 7.07. The molecule has 0 aliphatic carbocycles. The quantitative estimate of drug-likeness (QED) is 0.861. The first-order valence-corrected chi connectivity index (χ1v) is 7.87. The molecule has 1 aromatic carbocycles. The van der Waals surface area contributed by atoms with Crippen LogP contribution in [0.3, 0.4) is 0 Å². The molecule has 9 heteroatoms. The van der Waals surface area contributed by atoms with E-state index < -0.39 is 18.7 Å². The second-order valence-corrected chi connectivity index (χ2v) is 5.81. The van der Waals surface area contributed by atoms with Crippen LogP contribution in [0.25, 0.3) is 0 Å². The van der Waals surface area contributed by atoms with Gasteiger partial charge in [-0.1, -0.05) is 23.5 Å². The Morgan fingerprint density at radius 3 is 2.67 bits per heavy atom. The smallest absolute Gasteiger partial charge is 0.422 e. The van der Waals surface area contributed by atoms with Crippen molar-refractivity contribution in [3.63, 3.8) is 0 Å². The van der Waals surface area contributed by atoms with E-state index in [1.807, 2.05) is 0 Å². The van der Waals surface area contributed by atoms with Gasteiger partial charge in [-0.05, 0) is 19.1 Å². The molecule has 1 aromatic heterocycles. The van der Waals surface area contributed by atoms with Crippen LogP contribution >= 0.6 is 11.3 Å². The van der Waals surface area contributed by atoms with E-state index in [2.05, 4.69) is 5.32 Å². The van der Waals surface area contributed by atoms with Crippen LogP contribution in [0.2, 0.25) is 0 Å². The zero-order chi connectivity index (χ0) is 17.7. The third-order valence-corrected chi connectivity index (χ3v) is 3.97. The van der Waals surface area contributed by atoms with Gasteiger partial charge in [-0.15, -0.1) is 0 Å². The molecule has 0 bridgehead atoms. The number of hydrogen-bond donors (Lipinski definition) is 1. The molecule has 0 radical (unpaired) electrons. The van der Waals surface area contributed by atoms with E-state index in [0.717, 1.165) is 17.0 Å². The highest BCUT2D eigenvalue weighted by Gasteiger charge is 2.28. The van der Waals surface area contributed by atoms with E-state index in [0.29, 0.717) is 0 Å². The summed E-state index contributed by atoms with van der Waals surface area (Å²) < 4.78 is 42.9. The van der Waals surface area contributed by atoms with Crippen LogP contribution < -0.4 is 14.9 Å². The lowest BCUT2D eigenvalue weighted by molar-refractivity contribution is -0.153. The Morgan fingerprint density at radius 1 is 1.33 bits per heavy atom. The standard InChI is InChI=1S/C15H15F3N2O3S/c1-10-8-24-14(22)20(10)7-6-13(21)19-11-4-2-3-5-12(11)23-9-15(16,17)18/h2-5,8H,6-7,9H2,1H3,(H,19,21). The summed E-state index contributed by atoms with van der Waals surface area (Å²) in [7, 11) is 0. The monoisotopic (exact) mass is 360 g/mol. The lowest BCUT2D eigenvalue weighted by Gasteiger charge is -2.14. The summed E-state index contributed by atoms with van der Waals surface area (Å²) in [6, 6.07) is 5.87. The number of carbonyl (C=O) groups excluding carboxylic acids is 1. The maximum atomic E-state index is 12.2. The number of hydrogen-bond acceptors (Lipinski definition) is 4. The lowest BCUT2D eigenvalue weighted by Crippen LogP contribution is -2.22. The fourth-order valence-electron chi connectivity index (χ4n) is 1.96. The van der Waals surface area contributed by atoms with Crippen molar-refractivity contribution < 1.29 is 22.7 Å². The average molecular weight is 360 g/mol. The van der Waals surface area contributed by atoms with Crippen molar-refractivity contribution in [2.45, 2.75) is 26.1 Å². The van der Waals surface area contributed by atoms with Gasteiger partial charge in [0, 0.05) is 24.0 Å². The number of benzene rings is 1. The van der Waals surface area contributed by atoms with Crippen molar-refractivity contribution in [1.82, 2.24) is 4.57 Å². The van der Waals surface area contributed by atoms with E-state index in [4.69, 9.17) is 4.74 Å². The Kier molecular flexibility index (Phi) is 5.66. The molecule has 130 valence electrons. The van der Waals surface area contributed by atoms with Gasteiger partial charge in [0.25, 0.3) is 0 Å². The number of aromatic nitrogens is 1. The van der Waals surface area contributed by atoms with Crippen molar-refractivity contribution in [3.8, 4) is 5.75 Å². The molecule has 0 saturated heterocycles. The van der Waals surface area contributed by atoms with Gasteiger partial charge < -0.3 is 14.6 Å². The number of rotatable bonds is 6. The van der Waals surface area contributed by atoms with Crippen molar-refractivity contribution in [1.29, 1.82) is 0 Å². The first-order chi connectivity index (χ1) is 11.3. The third kappa shape index (κ3) is 5.12. The van der Waals surface area contributed by atoms with Crippen molar-refractivity contribution >= 4 is 22.9 Å². The molecule has 2 aromatic rings. The summed E-state index contributed by atoms with van der Waals surface area (Å²) in [6.07, 6.45) is -4.44. The van der Waals surface area contributed by atoms with Crippen LogP contribution in [-0.4, -0.2) is 23.3 Å². The Morgan fingerprint density at radius 2 is 2.04 bits per heavy atom. The minimum absolute atomic E-state index is 0.0189. The molecule has 0 fully saturated rings. The molecule has 0 aliphatic heterocycles. The first kappa shape index (κ1) is 18.1. The number of carbonyl (C=O) groups is 1. The van der Waals surface area contributed by atoms with E-state index >= 15 is 0 Å². The van der Waals surface area contributed by atoms with Crippen LogP contribution in [-0.2, 0) is 11.3 Å². The van der Waals surface area contributed by atoms with Gasteiger partial charge >= 0.3 is 11.0 Å². The van der Waals surface area contributed by atoms with Crippen molar-refractivity contribution in [3.05, 3.63) is 45.0 Å². The van der Waals surface area contributed by atoms with Gasteiger partial charge in [0.05, 0.1) is 5.69 Å². The van der Waals surface area contributed by atoms with Crippen molar-refractivity contribution in [2.75, 3.05) is 11.9 Å². The summed E-state index contributed by atoms with van der Waals surface area (Å²) >= 11 is 1.05. The number of nitrogens with one attached hydrogen (secondary N) is 1. The van der Waals surface area contributed by atoms with Gasteiger partial charge in [-0.25, -0.2) is 0 Å². The number of ether oxygens (including phenoxy) is 1. The zero-order valence-electron chi connectivity index (χ0n) is 12.7. The predicted octanol–water partition coefficient (Wildman–Crippen LogP) is 3.19. The second kappa shape index (κ2) is 7.52. The molecule has 0 spiro atoms. The maximum absolute atomic E-state index is 12.2. The molecule has 0 atom stereocenters. The molecular formula is C15H15F3N2O3S. The number of nitrogens with zero attached hydrogens (tertiary/aromatic N) is 1. The van der Waals surface area contributed by atoms with Crippen LogP contribution in [0.4, 0.5) is 18.9 Å². The Balaban J connectivity index is 1.98. The number of thiazole rings is 1. The zero-order valence-corrected chi connectivity index (χ0v) is 13.5. The minimum atomic E-state index is -4.46. The number of para-hydroxylation sites is 2. The highest BCUT2D eigenvalue weighted by atomic mass is 32.1. The summed E-state index contributed by atoms with van der Waals surface area (Å²) in [6.45, 7) is 0.519. The van der Waals surface area contributed by atoms with Gasteiger partial charge in [-0.3, -0.25) is 9.59 Å². The summed E-state index contributed by atoms with van der Waals surface area (Å²) in [5.74, 6) is -0.484. The molecule has 24 heavy (non-hydrogen) atoms. The largest absolute Gasteiger partial charge is 0.482 e. The van der Waals surface area contributed by atoms with Gasteiger partial charge in [-0.2, -0.15) is 13.2 Å². The van der Waals surface area contributed by atoms with Crippen LogP contribution in [0.1, 0.15) is 12.1 Å². The Bertz CT molecular complexity index is 768. The maximum Gasteiger partial charge on any atom is 0.422 e. The number of amides is 1. The Hall–Kier alpha value is -2.29. The lowest BCUT2D eigenvalue weighted by atomic mass is 10.2. The molecule has 0 saturated carbocycles. The number of aryl methyl sites for hydroxylation is 1. The molecule has 1 heterocycles. The molecule has 1 N–H and O–H groups in total. The third-order valence-electron chi connectivity index (χ3n) is 3.09. The predicted molar refractivity (Wildman–Crippen MR) is 84.6 cm³/mol. The van der Waals surface area contributed by atoms with Gasteiger partial charge in [0.1, 0.15) is 5.75 Å². The fraction of sp³-hybridized carbons (Fsp3) is 0.333. The van der Waals surface area contributed by atoms with E-state index in [1.165, 1.54) is 22.8 Å². The van der Waals surface area contributed by atoms with Crippen LogP contribution in [0.15, 0.2) is 34.4 Å². The highest BCUT2D eigenvalue weighted by Crippen LogP contribution is 2.26. The number of alkyl halides is 3. The average Bonchev–Trinajstić information content (AvgIpc) is 2.82. The van der Waals surface area contributed by atoms with Gasteiger partial charge in [0.2, 0.25) is 5.91 Å².